The van der Waals surface area contributed by atoms with E-state index in [0.29, 0.717) is 12.2 Å². The Kier molecular flexibility index (Phi) is 6.65. The highest BCUT2D eigenvalue weighted by Crippen LogP contribution is 2.29. The average Bonchev–Trinajstić information content (AvgIpc) is 3.00. The minimum atomic E-state index is -2.36. The second-order valence-electron chi connectivity index (χ2n) is 5.20. The number of aromatic nitrogens is 2. The van der Waals surface area contributed by atoms with E-state index in [1.807, 2.05) is 5.48 Å². The van der Waals surface area contributed by atoms with Gasteiger partial charge >= 0.3 is 0 Å². The average molecular weight is 436 g/mol. The summed E-state index contributed by atoms with van der Waals surface area (Å²) < 4.78 is 35.0. The number of aliphatic imine (C=N–C) groups is 1. The maximum Gasteiger partial charge on any atom is 0.287 e. The van der Waals surface area contributed by atoms with E-state index in [4.69, 9.17) is 4.74 Å². The summed E-state index contributed by atoms with van der Waals surface area (Å²) in [6, 6.07) is 4.05. The number of nitrogens with zero attached hydrogens (tertiary/aromatic N) is 3. The number of rotatable bonds is 7. The lowest BCUT2D eigenvalue weighted by Crippen LogP contribution is -2.23. The number of halogens is 2. The van der Waals surface area contributed by atoms with Crippen molar-refractivity contribution in [2.75, 3.05) is 26.5 Å². The normalized spacial score (nSPS) is 12.3. The first-order valence-corrected chi connectivity index (χ1v) is 10.4. The topological polar surface area (TPSA) is 122 Å². The first kappa shape index (κ1) is 19.5. The van der Waals surface area contributed by atoms with Crippen molar-refractivity contribution in [1.82, 2.24) is 20.9 Å². The summed E-state index contributed by atoms with van der Waals surface area (Å²) in [4.78, 5) is 4.11. The van der Waals surface area contributed by atoms with Gasteiger partial charge in [-0.15, -0.1) is 0 Å². The zero-order chi connectivity index (χ0) is 18.4. The molecule has 1 heterocycles. The summed E-state index contributed by atoms with van der Waals surface area (Å²) >= 11 is 3.05. The van der Waals surface area contributed by atoms with Gasteiger partial charge in [0.15, 0.2) is 5.84 Å². The van der Waals surface area contributed by atoms with Crippen LogP contribution in [-0.2, 0) is 4.57 Å². The molecule has 0 aliphatic heterocycles. The number of nitrogens with one attached hydrogen (secondary N) is 2. The lowest BCUT2D eigenvalue weighted by Gasteiger charge is -2.09. The predicted molar refractivity (Wildman–Crippen MR) is 92.5 cm³/mol. The SMILES string of the molecule is CP(C)(=O)NCCOc1nonc1C(=Nc1ccc(F)c(Br)c1)NO. The van der Waals surface area contributed by atoms with E-state index in [1.165, 1.54) is 18.2 Å². The number of hydrogen-bond donors (Lipinski definition) is 3. The van der Waals surface area contributed by atoms with Crippen LogP contribution in [0.3, 0.4) is 0 Å². The summed E-state index contributed by atoms with van der Waals surface area (Å²) in [5.74, 6) is -0.550. The third kappa shape index (κ3) is 5.89. The molecule has 0 aliphatic rings. The standard InChI is InChI=1S/C13H16BrFN5O4P/c1-25(2,22)16-5-6-23-13-11(19-24-20-13)12(18-21)17-8-3-4-10(15)9(14)7-8/h3-4,7,21H,5-6H2,1-2H3,(H,16,22)(H,17,18). The zero-order valence-electron chi connectivity index (χ0n) is 13.4. The molecule has 0 unspecified atom stereocenters. The molecule has 136 valence electrons. The number of hydrogen-bond acceptors (Lipinski definition) is 7. The minimum Gasteiger partial charge on any atom is -0.472 e. The van der Waals surface area contributed by atoms with Crippen molar-refractivity contribution >= 4 is 34.7 Å². The molecule has 0 saturated heterocycles. The van der Waals surface area contributed by atoms with Gasteiger partial charge < -0.3 is 9.30 Å². The second-order valence-corrected chi connectivity index (χ2v) is 9.07. The van der Waals surface area contributed by atoms with Crippen LogP contribution in [0.4, 0.5) is 10.1 Å². The van der Waals surface area contributed by atoms with Crippen molar-refractivity contribution in [3.63, 3.8) is 0 Å². The van der Waals surface area contributed by atoms with E-state index in [0.717, 1.165) is 0 Å². The smallest absolute Gasteiger partial charge is 0.287 e. The maximum absolute atomic E-state index is 13.3. The van der Waals surface area contributed by atoms with Gasteiger partial charge in [0.1, 0.15) is 19.7 Å². The monoisotopic (exact) mass is 435 g/mol. The summed E-state index contributed by atoms with van der Waals surface area (Å²) in [6.45, 7) is 3.66. The van der Waals surface area contributed by atoms with Crippen LogP contribution in [-0.4, -0.2) is 47.8 Å². The molecule has 2 rings (SSSR count). The number of hydroxylamine groups is 1. The van der Waals surface area contributed by atoms with Gasteiger partial charge in [-0.1, -0.05) is 0 Å². The number of ether oxygens (including phenoxy) is 1. The lowest BCUT2D eigenvalue weighted by atomic mass is 10.3. The van der Waals surface area contributed by atoms with Crippen LogP contribution in [0, 0.1) is 5.82 Å². The van der Waals surface area contributed by atoms with Crippen LogP contribution in [0.25, 0.3) is 0 Å². The summed E-state index contributed by atoms with van der Waals surface area (Å²) in [6.07, 6.45) is 0. The Morgan fingerprint density at radius 1 is 1.48 bits per heavy atom. The molecule has 0 atom stereocenters. The zero-order valence-corrected chi connectivity index (χ0v) is 15.8. The molecule has 25 heavy (non-hydrogen) atoms. The van der Waals surface area contributed by atoms with Crippen molar-refractivity contribution in [3.8, 4) is 5.88 Å². The van der Waals surface area contributed by atoms with Crippen LogP contribution in [0.15, 0.2) is 32.3 Å². The van der Waals surface area contributed by atoms with Crippen LogP contribution < -0.4 is 15.3 Å². The van der Waals surface area contributed by atoms with Gasteiger partial charge in [-0.3, -0.25) is 15.8 Å². The van der Waals surface area contributed by atoms with E-state index in [2.05, 4.69) is 41.0 Å². The predicted octanol–water partition coefficient (Wildman–Crippen LogP) is 2.53. The molecule has 1 aromatic carbocycles. The van der Waals surface area contributed by atoms with Gasteiger partial charge in [-0.05, 0) is 44.4 Å². The molecule has 0 amide bonds. The minimum absolute atomic E-state index is 0.00897. The van der Waals surface area contributed by atoms with Gasteiger partial charge in [-0.25, -0.2) is 14.0 Å². The molecule has 0 saturated carbocycles. The fourth-order valence-corrected chi connectivity index (χ4v) is 2.69. The van der Waals surface area contributed by atoms with Crippen LogP contribution in [0.1, 0.15) is 5.69 Å². The Hall–Kier alpha value is -1.81. The van der Waals surface area contributed by atoms with E-state index in [9.17, 15) is 14.2 Å². The molecule has 0 bridgehead atoms. The Morgan fingerprint density at radius 2 is 2.24 bits per heavy atom. The third-order valence-corrected chi connectivity index (χ3v) is 4.36. The van der Waals surface area contributed by atoms with E-state index in [-0.39, 0.29) is 28.5 Å². The van der Waals surface area contributed by atoms with E-state index >= 15 is 0 Å². The maximum atomic E-state index is 13.3. The van der Waals surface area contributed by atoms with Crippen LogP contribution >= 0.6 is 23.2 Å². The summed E-state index contributed by atoms with van der Waals surface area (Å²) in [7, 11) is -2.36. The fraction of sp³-hybridized carbons (Fsp3) is 0.308. The largest absolute Gasteiger partial charge is 0.472 e. The van der Waals surface area contributed by atoms with Gasteiger partial charge in [0.25, 0.3) is 5.88 Å². The molecular weight excluding hydrogens is 420 g/mol. The Bertz CT molecular complexity index is 809. The van der Waals surface area contributed by atoms with Crippen LogP contribution in [0.2, 0.25) is 0 Å². The molecular formula is C13H16BrFN5O4P. The third-order valence-electron chi connectivity index (χ3n) is 2.77. The summed E-state index contributed by atoms with van der Waals surface area (Å²) in [5, 5.41) is 19.3. The Morgan fingerprint density at radius 3 is 2.88 bits per heavy atom. The van der Waals surface area contributed by atoms with Crippen LogP contribution in [0.5, 0.6) is 5.88 Å². The van der Waals surface area contributed by atoms with E-state index in [1.54, 1.807) is 13.3 Å². The fourth-order valence-electron chi connectivity index (χ4n) is 1.70. The van der Waals surface area contributed by atoms with Gasteiger partial charge in [0, 0.05) is 19.9 Å². The van der Waals surface area contributed by atoms with Gasteiger partial charge in [0.2, 0.25) is 5.69 Å². The molecule has 12 heteroatoms. The number of amidine groups is 1. The molecule has 2 aromatic rings. The van der Waals surface area contributed by atoms with Crippen molar-refractivity contribution in [1.29, 1.82) is 0 Å². The number of benzene rings is 1. The molecule has 1 aromatic heterocycles. The van der Waals surface area contributed by atoms with Gasteiger partial charge in [0.05, 0.1) is 10.2 Å². The molecule has 0 aliphatic carbocycles. The molecule has 0 radical (unpaired) electrons. The highest BCUT2D eigenvalue weighted by atomic mass is 79.9. The molecule has 0 spiro atoms. The highest BCUT2D eigenvalue weighted by Gasteiger charge is 2.18. The van der Waals surface area contributed by atoms with Crippen molar-refractivity contribution < 1.29 is 23.5 Å². The quantitative estimate of drug-likeness (QED) is 0.199. The first-order valence-electron chi connectivity index (χ1n) is 7.00. The molecule has 0 fully saturated rings. The molecule has 3 N–H and O–H groups in total. The van der Waals surface area contributed by atoms with Crippen molar-refractivity contribution in [2.24, 2.45) is 4.99 Å². The van der Waals surface area contributed by atoms with Crippen molar-refractivity contribution in [2.45, 2.75) is 0 Å². The Balaban J connectivity index is 2.13. The van der Waals surface area contributed by atoms with Crippen molar-refractivity contribution in [3.05, 3.63) is 34.2 Å². The second kappa shape index (κ2) is 8.52. The Labute approximate surface area is 151 Å². The lowest BCUT2D eigenvalue weighted by molar-refractivity contribution is 0.233. The first-order chi connectivity index (χ1) is 11.8. The van der Waals surface area contributed by atoms with E-state index < -0.39 is 13.1 Å². The van der Waals surface area contributed by atoms with Gasteiger partial charge in [-0.2, -0.15) is 0 Å². The molecule has 9 nitrogen and oxygen atoms in total. The summed E-state index contributed by atoms with van der Waals surface area (Å²) in [5.41, 5.74) is 2.25. The highest BCUT2D eigenvalue weighted by molar-refractivity contribution is 9.10.